The van der Waals surface area contributed by atoms with Crippen LogP contribution >= 0.6 is 0 Å². The van der Waals surface area contributed by atoms with Crippen LogP contribution in [0.4, 0.5) is 0 Å². The van der Waals surface area contributed by atoms with Crippen LogP contribution in [0.1, 0.15) is 17.1 Å². The summed E-state index contributed by atoms with van der Waals surface area (Å²) in [5.74, 6) is 0.781. The Morgan fingerprint density at radius 1 is 0.944 bits per heavy atom. The van der Waals surface area contributed by atoms with Gasteiger partial charge in [0.15, 0.2) is 0 Å². The fourth-order valence-electron chi connectivity index (χ4n) is 2.41. The zero-order valence-electron chi connectivity index (χ0n) is 10.8. The lowest BCUT2D eigenvalue weighted by Crippen LogP contribution is -1.97. The number of imidazole rings is 1. The predicted molar refractivity (Wildman–Crippen MR) is 72.6 cm³/mol. The zero-order valence-corrected chi connectivity index (χ0v) is 10.8. The molecule has 0 radical (unpaired) electrons. The Labute approximate surface area is 106 Å². The van der Waals surface area contributed by atoms with E-state index in [2.05, 4.69) is 46.4 Å². The molecule has 3 heteroatoms. The van der Waals surface area contributed by atoms with Gasteiger partial charge in [-0.2, -0.15) is 0 Å². The van der Waals surface area contributed by atoms with E-state index in [1.54, 1.807) is 0 Å². The molecule has 0 unspecified atom stereocenters. The van der Waals surface area contributed by atoms with Gasteiger partial charge in [0.2, 0.25) is 5.78 Å². The number of aromatic nitrogens is 3. The molecule has 0 saturated carbocycles. The van der Waals surface area contributed by atoms with Crippen LogP contribution in [0.5, 0.6) is 0 Å². The van der Waals surface area contributed by atoms with Crippen LogP contribution in [0.15, 0.2) is 36.4 Å². The summed E-state index contributed by atoms with van der Waals surface area (Å²) < 4.78 is 2.11. The average Bonchev–Trinajstić information content (AvgIpc) is 2.67. The van der Waals surface area contributed by atoms with E-state index in [4.69, 9.17) is 0 Å². The maximum Gasteiger partial charge on any atom is 0.234 e. The van der Waals surface area contributed by atoms with Gasteiger partial charge in [-0.1, -0.05) is 30.3 Å². The Bertz CT molecular complexity index is 711. The quantitative estimate of drug-likeness (QED) is 0.650. The molecule has 3 aromatic rings. The van der Waals surface area contributed by atoms with Crippen molar-refractivity contribution in [3.63, 3.8) is 0 Å². The van der Waals surface area contributed by atoms with Gasteiger partial charge in [-0.25, -0.2) is 9.97 Å². The van der Waals surface area contributed by atoms with Crippen molar-refractivity contribution in [2.24, 2.45) is 0 Å². The second-order valence-electron chi connectivity index (χ2n) is 4.59. The number of aryl methyl sites for hydroxylation is 3. The van der Waals surface area contributed by atoms with Crippen molar-refractivity contribution >= 4 is 5.78 Å². The third-order valence-electron chi connectivity index (χ3n) is 3.18. The lowest BCUT2D eigenvalue weighted by atomic mass is 10.1. The molecule has 18 heavy (non-hydrogen) atoms. The van der Waals surface area contributed by atoms with E-state index in [1.165, 1.54) is 5.69 Å². The minimum atomic E-state index is 0.781. The Morgan fingerprint density at radius 3 is 2.39 bits per heavy atom. The van der Waals surface area contributed by atoms with Gasteiger partial charge in [0.05, 0.1) is 5.69 Å². The molecular formula is C15H15N3. The first-order chi connectivity index (χ1) is 8.66. The Kier molecular flexibility index (Phi) is 2.40. The van der Waals surface area contributed by atoms with Crippen LogP contribution < -0.4 is 0 Å². The normalized spacial score (nSPS) is 11.1. The number of hydrogen-bond acceptors (Lipinski definition) is 2. The second kappa shape index (κ2) is 3.95. The molecule has 90 valence electrons. The molecule has 2 heterocycles. The van der Waals surface area contributed by atoms with Crippen LogP contribution in [0.3, 0.4) is 0 Å². The fraction of sp³-hybridized carbons (Fsp3) is 0.200. The van der Waals surface area contributed by atoms with Gasteiger partial charge in [0, 0.05) is 22.6 Å². The van der Waals surface area contributed by atoms with Crippen molar-refractivity contribution < 1.29 is 0 Å². The van der Waals surface area contributed by atoms with Gasteiger partial charge in [0.25, 0.3) is 0 Å². The molecule has 0 bridgehead atoms. The smallest absolute Gasteiger partial charge is 0.234 e. The molecule has 0 aliphatic rings. The van der Waals surface area contributed by atoms with Crippen molar-refractivity contribution in [2.75, 3.05) is 0 Å². The van der Waals surface area contributed by atoms with Gasteiger partial charge in [-0.15, -0.1) is 0 Å². The molecule has 1 aromatic carbocycles. The van der Waals surface area contributed by atoms with Crippen LogP contribution in [0, 0.1) is 20.8 Å². The highest BCUT2D eigenvalue weighted by Crippen LogP contribution is 2.24. The lowest BCUT2D eigenvalue weighted by Gasteiger charge is -2.03. The summed E-state index contributed by atoms with van der Waals surface area (Å²) in [7, 11) is 0. The topological polar surface area (TPSA) is 30.2 Å². The standard InChI is InChI=1S/C15H15N3/c1-10-9-11(2)18-12(3)14(17-15(18)16-10)13-7-5-4-6-8-13/h4-9H,1-3H3. The molecular weight excluding hydrogens is 222 g/mol. The van der Waals surface area contributed by atoms with Crippen LogP contribution in [0.2, 0.25) is 0 Å². The average molecular weight is 237 g/mol. The number of benzene rings is 1. The number of hydrogen-bond donors (Lipinski definition) is 0. The summed E-state index contributed by atoms with van der Waals surface area (Å²) >= 11 is 0. The first-order valence-electron chi connectivity index (χ1n) is 6.05. The summed E-state index contributed by atoms with van der Waals surface area (Å²) in [5.41, 5.74) is 5.46. The minimum Gasteiger partial charge on any atom is -0.285 e. The lowest BCUT2D eigenvalue weighted by molar-refractivity contribution is 0.982. The highest BCUT2D eigenvalue weighted by Gasteiger charge is 2.12. The summed E-state index contributed by atoms with van der Waals surface area (Å²) in [6, 6.07) is 12.3. The first kappa shape index (κ1) is 11.0. The van der Waals surface area contributed by atoms with Gasteiger partial charge in [0.1, 0.15) is 0 Å². The summed E-state index contributed by atoms with van der Waals surface area (Å²) in [6.07, 6.45) is 0. The first-order valence-corrected chi connectivity index (χ1v) is 6.05. The molecule has 0 aliphatic carbocycles. The minimum absolute atomic E-state index is 0.781. The zero-order chi connectivity index (χ0) is 12.7. The number of rotatable bonds is 1. The molecule has 0 aliphatic heterocycles. The summed E-state index contributed by atoms with van der Waals surface area (Å²) in [6.45, 7) is 6.18. The second-order valence-corrected chi connectivity index (χ2v) is 4.59. The van der Waals surface area contributed by atoms with Crippen LogP contribution in [-0.4, -0.2) is 14.4 Å². The van der Waals surface area contributed by atoms with E-state index in [1.807, 2.05) is 25.1 Å². The van der Waals surface area contributed by atoms with E-state index in [9.17, 15) is 0 Å². The van der Waals surface area contributed by atoms with Gasteiger partial charge < -0.3 is 0 Å². The molecule has 0 saturated heterocycles. The maximum atomic E-state index is 4.66. The van der Waals surface area contributed by atoms with Crippen molar-refractivity contribution in [1.82, 2.24) is 14.4 Å². The summed E-state index contributed by atoms with van der Waals surface area (Å²) in [5, 5.41) is 0. The Hall–Kier alpha value is -2.16. The van der Waals surface area contributed by atoms with Gasteiger partial charge >= 0.3 is 0 Å². The largest absolute Gasteiger partial charge is 0.285 e. The van der Waals surface area contributed by atoms with Crippen molar-refractivity contribution in [3.8, 4) is 11.3 Å². The third kappa shape index (κ3) is 1.59. The maximum absolute atomic E-state index is 4.66. The molecule has 0 fully saturated rings. The van der Waals surface area contributed by atoms with Crippen LogP contribution in [0.25, 0.3) is 17.0 Å². The van der Waals surface area contributed by atoms with E-state index in [0.29, 0.717) is 0 Å². The number of fused-ring (bicyclic) bond motifs is 1. The molecule has 0 spiro atoms. The molecule has 0 atom stereocenters. The predicted octanol–water partition coefficient (Wildman–Crippen LogP) is 3.32. The molecule has 2 aromatic heterocycles. The van der Waals surface area contributed by atoms with Crippen molar-refractivity contribution in [1.29, 1.82) is 0 Å². The van der Waals surface area contributed by atoms with E-state index >= 15 is 0 Å². The molecule has 3 nitrogen and oxygen atoms in total. The summed E-state index contributed by atoms with van der Waals surface area (Å²) in [4.78, 5) is 9.15. The number of nitrogens with zero attached hydrogens (tertiary/aromatic N) is 3. The van der Waals surface area contributed by atoms with Gasteiger partial charge in [-0.3, -0.25) is 4.40 Å². The van der Waals surface area contributed by atoms with E-state index in [0.717, 1.165) is 28.4 Å². The SMILES string of the molecule is Cc1cc(C)n2c(C)c(-c3ccccc3)nc2n1. The molecule has 0 amide bonds. The highest BCUT2D eigenvalue weighted by atomic mass is 15.1. The van der Waals surface area contributed by atoms with Crippen molar-refractivity contribution in [2.45, 2.75) is 20.8 Å². The monoisotopic (exact) mass is 237 g/mol. The molecule has 0 N–H and O–H groups in total. The van der Waals surface area contributed by atoms with Gasteiger partial charge in [-0.05, 0) is 26.8 Å². The third-order valence-corrected chi connectivity index (χ3v) is 3.18. The van der Waals surface area contributed by atoms with E-state index < -0.39 is 0 Å². The van der Waals surface area contributed by atoms with E-state index in [-0.39, 0.29) is 0 Å². The highest BCUT2D eigenvalue weighted by molar-refractivity contribution is 5.65. The molecule has 3 rings (SSSR count). The fourth-order valence-corrected chi connectivity index (χ4v) is 2.41. The Morgan fingerprint density at radius 2 is 1.67 bits per heavy atom. The van der Waals surface area contributed by atoms with Crippen LogP contribution in [-0.2, 0) is 0 Å². The van der Waals surface area contributed by atoms with Crippen molar-refractivity contribution in [3.05, 3.63) is 53.5 Å². The Balaban J connectivity index is 2.33.